The van der Waals surface area contributed by atoms with Crippen molar-refractivity contribution in [1.29, 1.82) is 0 Å². The smallest absolute Gasteiger partial charge is 0.278 e. The van der Waals surface area contributed by atoms with E-state index in [1.807, 2.05) is 41.3 Å². The average Bonchev–Trinajstić information content (AvgIpc) is 2.92. The summed E-state index contributed by atoms with van der Waals surface area (Å²) in [6.07, 6.45) is 3.72. The van der Waals surface area contributed by atoms with Gasteiger partial charge in [-0.05, 0) is 63.0 Å². The lowest BCUT2D eigenvalue weighted by Crippen LogP contribution is -2.43. The van der Waals surface area contributed by atoms with Crippen LogP contribution in [-0.2, 0) is 4.79 Å². The Kier molecular flexibility index (Phi) is 4.60. The van der Waals surface area contributed by atoms with Gasteiger partial charge in [-0.15, -0.1) is 0 Å². The number of anilines is 1. The summed E-state index contributed by atoms with van der Waals surface area (Å²) >= 11 is 0. The van der Waals surface area contributed by atoms with Gasteiger partial charge in [0.1, 0.15) is 5.71 Å². The zero-order valence-electron chi connectivity index (χ0n) is 15.5. The first-order chi connectivity index (χ1) is 12.6. The molecule has 2 heterocycles. The largest absolute Gasteiger partial charge is 0.293 e. The second kappa shape index (κ2) is 7.04. The molecule has 0 aromatic heterocycles. The van der Waals surface area contributed by atoms with Gasteiger partial charge in [-0.25, -0.2) is 4.99 Å². The van der Waals surface area contributed by atoms with Crippen molar-refractivity contribution in [2.45, 2.75) is 33.1 Å². The Morgan fingerprint density at radius 1 is 0.962 bits per heavy atom. The van der Waals surface area contributed by atoms with Crippen LogP contribution in [-0.4, -0.2) is 36.3 Å². The molecule has 4 heteroatoms. The minimum absolute atomic E-state index is 0.0117. The maximum atomic E-state index is 13.2. The van der Waals surface area contributed by atoms with E-state index < -0.39 is 0 Å². The number of para-hydroxylation sites is 1. The first-order valence-corrected chi connectivity index (χ1v) is 9.43. The first-order valence-electron chi connectivity index (χ1n) is 9.43. The second-order valence-electron chi connectivity index (χ2n) is 7.25. The van der Waals surface area contributed by atoms with Crippen molar-refractivity contribution < 1.29 is 4.79 Å². The van der Waals surface area contributed by atoms with Crippen LogP contribution in [0.3, 0.4) is 0 Å². The third-order valence-corrected chi connectivity index (χ3v) is 5.50. The molecule has 2 aliphatic heterocycles. The predicted molar refractivity (Wildman–Crippen MR) is 106 cm³/mol. The fourth-order valence-corrected chi connectivity index (χ4v) is 3.79. The van der Waals surface area contributed by atoms with E-state index in [1.54, 1.807) is 0 Å². The number of carbonyl (C=O) groups is 1. The number of piperidine rings is 1. The quantitative estimate of drug-likeness (QED) is 0.834. The zero-order chi connectivity index (χ0) is 18.1. The van der Waals surface area contributed by atoms with Crippen LogP contribution in [0, 0.1) is 13.8 Å². The molecule has 26 heavy (non-hydrogen) atoms. The molecule has 0 atom stereocenters. The van der Waals surface area contributed by atoms with Crippen molar-refractivity contribution in [3.05, 3.63) is 59.2 Å². The Bertz CT molecular complexity index is 865. The van der Waals surface area contributed by atoms with E-state index in [1.165, 1.54) is 24.8 Å². The summed E-state index contributed by atoms with van der Waals surface area (Å²) in [5.41, 5.74) is 5.67. The normalized spacial score (nSPS) is 19.2. The molecule has 0 radical (unpaired) electrons. The molecule has 2 aliphatic rings. The summed E-state index contributed by atoms with van der Waals surface area (Å²) in [5.74, 6) is 0.0117. The van der Waals surface area contributed by atoms with E-state index >= 15 is 0 Å². The van der Waals surface area contributed by atoms with Gasteiger partial charge in [0.2, 0.25) is 0 Å². The second-order valence-corrected chi connectivity index (χ2v) is 7.25. The van der Waals surface area contributed by atoms with Gasteiger partial charge in [-0.2, -0.15) is 0 Å². The number of aliphatic imine (C=N–C) groups is 1. The van der Waals surface area contributed by atoms with E-state index in [0.29, 0.717) is 12.4 Å². The highest BCUT2D eigenvalue weighted by Crippen LogP contribution is 2.32. The van der Waals surface area contributed by atoms with Crippen molar-refractivity contribution in [3.63, 3.8) is 0 Å². The molecule has 4 nitrogen and oxygen atoms in total. The minimum Gasteiger partial charge on any atom is -0.293 e. The molecule has 0 saturated carbocycles. The number of hydrogen-bond acceptors (Lipinski definition) is 3. The van der Waals surface area contributed by atoms with Crippen LogP contribution in [0.4, 0.5) is 11.4 Å². The lowest BCUT2D eigenvalue weighted by Gasteiger charge is -2.30. The molecule has 0 unspecified atom stereocenters. The van der Waals surface area contributed by atoms with E-state index in [-0.39, 0.29) is 5.91 Å². The number of nitrogens with zero attached hydrogens (tertiary/aromatic N) is 3. The van der Waals surface area contributed by atoms with Crippen LogP contribution in [0.1, 0.15) is 36.0 Å². The average molecular weight is 347 g/mol. The summed E-state index contributed by atoms with van der Waals surface area (Å²) in [4.78, 5) is 22.3. The third-order valence-electron chi connectivity index (χ3n) is 5.50. The highest BCUT2D eigenvalue weighted by atomic mass is 16.2. The molecule has 0 aliphatic carbocycles. The van der Waals surface area contributed by atoms with E-state index in [2.05, 4.69) is 24.8 Å². The van der Waals surface area contributed by atoms with Gasteiger partial charge in [0.05, 0.1) is 18.0 Å². The highest BCUT2D eigenvalue weighted by molar-refractivity contribution is 6.54. The van der Waals surface area contributed by atoms with Gasteiger partial charge >= 0.3 is 0 Å². The van der Waals surface area contributed by atoms with Crippen molar-refractivity contribution >= 4 is 23.0 Å². The van der Waals surface area contributed by atoms with Crippen molar-refractivity contribution in [3.8, 4) is 0 Å². The van der Waals surface area contributed by atoms with Gasteiger partial charge < -0.3 is 0 Å². The number of fused-ring (bicyclic) bond motifs is 1. The van der Waals surface area contributed by atoms with Crippen LogP contribution < -0.4 is 4.90 Å². The molecular weight excluding hydrogens is 322 g/mol. The molecule has 2 aromatic rings. The van der Waals surface area contributed by atoms with Crippen LogP contribution in [0.25, 0.3) is 0 Å². The molecule has 1 amide bonds. The first kappa shape index (κ1) is 17.0. The van der Waals surface area contributed by atoms with Crippen LogP contribution >= 0.6 is 0 Å². The number of aryl methyl sites for hydroxylation is 1. The molecule has 4 rings (SSSR count). The van der Waals surface area contributed by atoms with E-state index in [4.69, 9.17) is 4.99 Å². The highest BCUT2D eigenvalue weighted by Gasteiger charge is 2.34. The standard InChI is InChI=1S/C22H25N3O/c1-16-9-8-11-19(17(16)2)23-21-18-10-4-5-12-20(18)25(22(21)26)15-24-13-6-3-7-14-24/h4-5,8-12H,3,6-7,13-15H2,1-2H3. The minimum atomic E-state index is 0.0117. The maximum absolute atomic E-state index is 13.2. The number of benzene rings is 2. The third kappa shape index (κ3) is 3.06. The summed E-state index contributed by atoms with van der Waals surface area (Å²) in [5, 5.41) is 0. The zero-order valence-corrected chi connectivity index (χ0v) is 15.5. The lowest BCUT2D eigenvalue weighted by atomic mass is 10.1. The number of likely N-dealkylation sites (tertiary alicyclic amines) is 1. The van der Waals surface area contributed by atoms with Crippen molar-refractivity contribution in [1.82, 2.24) is 4.90 Å². The Morgan fingerprint density at radius 3 is 2.54 bits per heavy atom. The number of rotatable bonds is 3. The Hall–Kier alpha value is -2.46. The summed E-state index contributed by atoms with van der Waals surface area (Å²) in [6.45, 7) is 6.92. The van der Waals surface area contributed by atoms with Gasteiger partial charge in [0, 0.05) is 5.56 Å². The van der Waals surface area contributed by atoms with Crippen LogP contribution in [0.15, 0.2) is 47.5 Å². The van der Waals surface area contributed by atoms with Crippen LogP contribution in [0.5, 0.6) is 0 Å². The van der Waals surface area contributed by atoms with Crippen molar-refractivity contribution in [2.24, 2.45) is 4.99 Å². The van der Waals surface area contributed by atoms with Crippen LogP contribution in [0.2, 0.25) is 0 Å². The van der Waals surface area contributed by atoms with Gasteiger partial charge in [-0.3, -0.25) is 14.6 Å². The molecule has 1 fully saturated rings. The SMILES string of the molecule is Cc1cccc(N=C2C(=O)N(CN3CCCCC3)c3ccccc32)c1C. The Balaban J connectivity index is 1.71. The fraction of sp³-hybridized carbons (Fsp3) is 0.364. The molecule has 0 N–H and O–H groups in total. The molecule has 134 valence electrons. The topological polar surface area (TPSA) is 35.9 Å². The van der Waals surface area contributed by atoms with Gasteiger partial charge in [0.15, 0.2) is 0 Å². The summed E-state index contributed by atoms with van der Waals surface area (Å²) in [6, 6.07) is 14.1. The lowest BCUT2D eigenvalue weighted by molar-refractivity contribution is -0.112. The summed E-state index contributed by atoms with van der Waals surface area (Å²) < 4.78 is 0. The van der Waals surface area contributed by atoms with Crippen molar-refractivity contribution in [2.75, 3.05) is 24.7 Å². The number of amides is 1. The van der Waals surface area contributed by atoms with Gasteiger partial charge in [0.25, 0.3) is 5.91 Å². The predicted octanol–water partition coefficient (Wildman–Crippen LogP) is 4.21. The Labute approximate surface area is 155 Å². The molecule has 2 aromatic carbocycles. The van der Waals surface area contributed by atoms with E-state index in [9.17, 15) is 4.79 Å². The monoisotopic (exact) mass is 347 g/mol. The number of hydrogen-bond donors (Lipinski definition) is 0. The molecule has 0 bridgehead atoms. The molecular formula is C22H25N3O. The molecule has 1 saturated heterocycles. The number of carbonyl (C=O) groups excluding carboxylic acids is 1. The van der Waals surface area contributed by atoms with Gasteiger partial charge in [-0.1, -0.05) is 36.8 Å². The maximum Gasteiger partial charge on any atom is 0.278 e. The molecule has 0 spiro atoms. The fourth-order valence-electron chi connectivity index (χ4n) is 3.79. The summed E-state index contributed by atoms with van der Waals surface area (Å²) in [7, 11) is 0. The Morgan fingerprint density at radius 2 is 1.73 bits per heavy atom. The van der Waals surface area contributed by atoms with E-state index in [0.717, 1.165) is 35.6 Å².